The first-order chi connectivity index (χ1) is 10.8. The van der Waals surface area contributed by atoms with E-state index in [9.17, 15) is 4.79 Å². The molecule has 1 aliphatic heterocycles. The smallest absolute Gasteiger partial charge is 0.339 e. The molecule has 3 rings (SSSR count). The molecule has 0 radical (unpaired) electrons. The van der Waals surface area contributed by atoms with Gasteiger partial charge >= 0.3 is 5.97 Å². The lowest BCUT2D eigenvalue weighted by molar-refractivity contribution is -0.00446. The predicted molar refractivity (Wildman–Crippen MR) is 79.8 cm³/mol. The third-order valence-electron chi connectivity index (χ3n) is 3.70. The molecule has 0 aliphatic carbocycles. The van der Waals surface area contributed by atoms with Gasteiger partial charge in [-0.1, -0.05) is 0 Å². The van der Waals surface area contributed by atoms with Gasteiger partial charge in [-0.3, -0.25) is 4.57 Å². The Morgan fingerprint density at radius 3 is 3.05 bits per heavy atom. The monoisotopic (exact) mass is 301 g/mol. The van der Waals surface area contributed by atoms with Gasteiger partial charge in [-0.05, 0) is 31.4 Å². The number of carbonyl (C=O) groups excluding carboxylic acids is 1. The van der Waals surface area contributed by atoms with Crippen molar-refractivity contribution in [1.82, 2.24) is 14.5 Å². The van der Waals surface area contributed by atoms with Gasteiger partial charge in [-0.25, -0.2) is 14.8 Å². The molecule has 1 fully saturated rings. The standard InChI is InChI=1S/C16H19N3O3/c20-16(22-10-6-14-3-1-2-9-21-14)13-4-5-15(18-11-13)19-8-7-17-12-19/h4-5,7-8,11-12,14H,1-3,6,9-10H2. The average Bonchev–Trinajstić information content (AvgIpc) is 3.10. The van der Waals surface area contributed by atoms with Gasteiger partial charge in [0.05, 0.1) is 18.3 Å². The maximum absolute atomic E-state index is 12.0. The zero-order valence-corrected chi connectivity index (χ0v) is 12.4. The van der Waals surface area contributed by atoms with Gasteiger partial charge in [-0.2, -0.15) is 0 Å². The predicted octanol–water partition coefficient (Wildman–Crippen LogP) is 2.38. The van der Waals surface area contributed by atoms with Crippen molar-refractivity contribution in [1.29, 1.82) is 0 Å². The molecule has 0 bridgehead atoms. The van der Waals surface area contributed by atoms with E-state index in [2.05, 4.69) is 9.97 Å². The second-order valence-corrected chi connectivity index (χ2v) is 5.29. The molecular formula is C16H19N3O3. The summed E-state index contributed by atoms with van der Waals surface area (Å²) in [5.74, 6) is 0.366. The van der Waals surface area contributed by atoms with Crippen molar-refractivity contribution in [3.8, 4) is 5.82 Å². The van der Waals surface area contributed by atoms with Crippen LogP contribution in [0.3, 0.4) is 0 Å². The van der Waals surface area contributed by atoms with Gasteiger partial charge in [0.1, 0.15) is 12.1 Å². The van der Waals surface area contributed by atoms with Gasteiger partial charge in [-0.15, -0.1) is 0 Å². The first kappa shape index (κ1) is 14.7. The number of aromatic nitrogens is 3. The third kappa shape index (κ3) is 3.71. The number of hydrogen-bond acceptors (Lipinski definition) is 5. The first-order valence-corrected chi connectivity index (χ1v) is 7.56. The van der Waals surface area contributed by atoms with Crippen molar-refractivity contribution in [2.45, 2.75) is 31.8 Å². The highest BCUT2D eigenvalue weighted by molar-refractivity contribution is 5.89. The summed E-state index contributed by atoms with van der Waals surface area (Å²) in [6.07, 6.45) is 11.0. The van der Waals surface area contributed by atoms with Crippen LogP contribution in [0.2, 0.25) is 0 Å². The summed E-state index contributed by atoms with van der Waals surface area (Å²) in [7, 11) is 0. The van der Waals surface area contributed by atoms with Gasteiger partial charge in [0.15, 0.2) is 0 Å². The fourth-order valence-corrected chi connectivity index (χ4v) is 2.46. The van der Waals surface area contributed by atoms with Crippen molar-refractivity contribution in [3.05, 3.63) is 42.6 Å². The molecule has 0 amide bonds. The lowest BCUT2D eigenvalue weighted by Crippen LogP contribution is -2.21. The topological polar surface area (TPSA) is 66.2 Å². The Bertz CT molecular complexity index is 590. The zero-order valence-electron chi connectivity index (χ0n) is 12.4. The average molecular weight is 301 g/mol. The molecule has 1 saturated heterocycles. The second kappa shape index (κ2) is 7.17. The second-order valence-electron chi connectivity index (χ2n) is 5.29. The molecule has 1 aliphatic rings. The zero-order chi connectivity index (χ0) is 15.2. The van der Waals surface area contributed by atoms with E-state index < -0.39 is 0 Å². The van der Waals surface area contributed by atoms with Crippen LogP contribution in [-0.2, 0) is 9.47 Å². The molecule has 0 N–H and O–H groups in total. The fourth-order valence-electron chi connectivity index (χ4n) is 2.46. The number of nitrogens with zero attached hydrogens (tertiary/aromatic N) is 3. The quantitative estimate of drug-likeness (QED) is 0.793. The van der Waals surface area contributed by atoms with Crippen LogP contribution in [0.4, 0.5) is 0 Å². The summed E-state index contributed by atoms with van der Waals surface area (Å²) in [6, 6.07) is 3.48. The minimum Gasteiger partial charge on any atom is -0.462 e. The lowest BCUT2D eigenvalue weighted by atomic mass is 10.1. The Hall–Kier alpha value is -2.21. The highest BCUT2D eigenvalue weighted by Gasteiger charge is 2.15. The van der Waals surface area contributed by atoms with Gasteiger partial charge < -0.3 is 9.47 Å². The maximum Gasteiger partial charge on any atom is 0.339 e. The molecule has 22 heavy (non-hydrogen) atoms. The van der Waals surface area contributed by atoms with E-state index >= 15 is 0 Å². The normalized spacial score (nSPS) is 18.1. The van der Waals surface area contributed by atoms with Crippen LogP contribution in [0.25, 0.3) is 5.82 Å². The number of pyridine rings is 1. The fraction of sp³-hybridized carbons (Fsp3) is 0.438. The van der Waals surface area contributed by atoms with E-state index in [1.807, 2.05) is 0 Å². The summed E-state index contributed by atoms with van der Waals surface area (Å²) in [5.41, 5.74) is 0.452. The Balaban J connectivity index is 1.49. The molecular weight excluding hydrogens is 282 g/mol. The van der Waals surface area contributed by atoms with Crippen molar-refractivity contribution < 1.29 is 14.3 Å². The number of rotatable bonds is 5. The van der Waals surface area contributed by atoms with Gasteiger partial charge in [0.25, 0.3) is 0 Å². The van der Waals surface area contributed by atoms with E-state index in [0.717, 1.165) is 25.9 Å². The van der Waals surface area contributed by atoms with E-state index in [0.29, 0.717) is 18.0 Å². The molecule has 2 aromatic rings. The Morgan fingerprint density at radius 2 is 2.36 bits per heavy atom. The Morgan fingerprint density at radius 1 is 1.41 bits per heavy atom. The molecule has 1 atom stereocenters. The summed E-state index contributed by atoms with van der Waals surface area (Å²) < 4.78 is 12.7. The number of esters is 1. The van der Waals surface area contributed by atoms with Crippen molar-refractivity contribution in [3.63, 3.8) is 0 Å². The summed E-state index contributed by atoms with van der Waals surface area (Å²) in [4.78, 5) is 20.2. The largest absolute Gasteiger partial charge is 0.462 e. The third-order valence-corrected chi connectivity index (χ3v) is 3.70. The van der Waals surface area contributed by atoms with Crippen molar-refractivity contribution >= 4 is 5.97 Å². The highest BCUT2D eigenvalue weighted by Crippen LogP contribution is 2.15. The molecule has 6 heteroatoms. The van der Waals surface area contributed by atoms with Crippen LogP contribution in [0, 0.1) is 0 Å². The molecule has 6 nitrogen and oxygen atoms in total. The maximum atomic E-state index is 12.0. The van der Waals surface area contributed by atoms with E-state index in [-0.39, 0.29) is 12.1 Å². The first-order valence-electron chi connectivity index (χ1n) is 7.56. The minimum atomic E-state index is -0.347. The Labute approximate surface area is 129 Å². The summed E-state index contributed by atoms with van der Waals surface area (Å²) in [5, 5.41) is 0. The molecule has 0 saturated carbocycles. The molecule has 0 spiro atoms. The molecule has 3 heterocycles. The van der Waals surface area contributed by atoms with Crippen LogP contribution in [0.5, 0.6) is 0 Å². The summed E-state index contributed by atoms with van der Waals surface area (Å²) in [6.45, 7) is 1.20. The van der Waals surface area contributed by atoms with Crippen molar-refractivity contribution in [2.75, 3.05) is 13.2 Å². The number of hydrogen-bond donors (Lipinski definition) is 0. The number of ether oxygens (including phenoxy) is 2. The Kier molecular flexibility index (Phi) is 4.80. The van der Waals surface area contributed by atoms with Gasteiger partial charge in [0.2, 0.25) is 0 Å². The van der Waals surface area contributed by atoms with Crippen molar-refractivity contribution in [2.24, 2.45) is 0 Å². The highest BCUT2D eigenvalue weighted by atomic mass is 16.5. The minimum absolute atomic E-state index is 0.225. The SMILES string of the molecule is O=C(OCCC1CCCCO1)c1ccc(-n2ccnc2)nc1. The number of imidazole rings is 1. The molecule has 2 aromatic heterocycles. The van der Waals surface area contributed by atoms with Crippen LogP contribution >= 0.6 is 0 Å². The van der Waals surface area contributed by atoms with E-state index in [1.165, 1.54) is 12.6 Å². The molecule has 0 aromatic carbocycles. The van der Waals surface area contributed by atoms with Crippen LogP contribution in [0.1, 0.15) is 36.0 Å². The van der Waals surface area contributed by atoms with Crippen LogP contribution in [0.15, 0.2) is 37.1 Å². The summed E-state index contributed by atoms with van der Waals surface area (Å²) >= 11 is 0. The van der Waals surface area contributed by atoms with Crippen LogP contribution in [-0.4, -0.2) is 39.8 Å². The molecule has 116 valence electrons. The van der Waals surface area contributed by atoms with Crippen LogP contribution < -0.4 is 0 Å². The van der Waals surface area contributed by atoms with E-state index in [1.54, 1.807) is 35.4 Å². The van der Waals surface area contributed by atoms with Gasteiger partial charge in [0, 0.05) is 31.6 Å². The number of carbonyl (C=O) groups is 1. The lowest BCUT2D eigenvalue weighted by Gasteiger charge is -2.22. The molecule has 1 unspecified atom stereocenters. The van der Waals surface area contributed by atoms with E-state index in [4.69, 9.17) is 9.47 Å².